The van der Waals surface area contributed by atoms with Gasteiger partial charge >= 0.3 is 0 Å². The molecule has 1 aromatic carbocycles. The van der Waals surface area contributed by atoms with E-state index in [-0.39, 0.29) is 17.5 Å². The predicted octanol–water partition coefficient (Wildman–Crippen LogP) is 0.597. The lowest BCUT2D eigenvalue weighted by molar-refractivity contribution is -0.122. The van der Waals surface area contributed by atoms with Gasteiger partial charge in [0.25, 0.3) is 0 Å². The van der Waals surface area contributed by atoms with Crippen LogP contribution in [0.2, 0.25) is 0 Å². The zero-order valence-corrected chi connectivity index (χ0v) is 13.0. The molecule has 118 valence electrons. The van der Waals surface area contributed by atoms with Crippen LogP contribution in [-0.4, -0.2) is 52.0 Å². The largest absolute Gasteiger partial charge is 0.383 e. The van der Waals surface area contributed by atoms with Crippen molar-refractivity contribution < 1.29 is 22.3 Å². The standard InChI is InChI=1S/C13H19FN2O4S/c1-10(9-20-3)15-13(17)8-16(2)21(18,19)12-6-4-11(14)5-7-12/h4-7,10H,8-9H2,1-3H3,(H,15,17). The van der Waals surface area contributed by atoms with Crippen molar-refractivity contribution in [3.05, 3.63) is 30.1 Å². The molecule has 1 aromatic rings. The molecule has 1 rings (SSSR count). The number of carbonyl (C=O) groups excluding carboxylic acids is 1. The summed E-state index contributed by atoms with van der Waals surface area (Å²) in [7, 11) is -1.03. The minimum atomic E-state index is -3.82. The fraction of sp³-hybridized carbons (Fsp3) is 0.462. The minimum absolute atomic E-state index is 0.0656. The molecule has 0 spiro atoms. The Labute approximate surface area is 123 Å². The van der Waals surface area contributed by atoms with Crippen molar-refractivity contribution in [1.82, 2.24) is 9.62 Å². The van der Waals surface area contributed by atoms with Crippen LogP contribution in [0, 0.1) is 5.82 Å². The van der Waals surface area contributed by atoms with E-state index in [0.29, 0.717) is 6.61 Å². The highest BCUT2D eigenvalue weighted by molar-refractivity contribution is 7.89. The molecule has 0 saturated heterocycles. The van der Waals surface area contributed by atoms with Gasteiger partial charge in [0.2, 0.25) is 15.9 Å². The summed E-state index contributed by atoms with van der Waals surface area (Å²) in [4.78, 5) is 11.7. The molecule has 0 fully saturated rings. The molecule has 1 unspecified atom stereocenters. The van der Waals surface area contributed by atoms with E-state index < -0.39 is 21.7 Å². The first kappa shape index (κ1) is 17.5. The highest BCUT2D eigenvalue weighted by atomic mass is 32.2. The maximum Gasteiger partial charge on any atom is 0.243 e. The van der Waals surface area contributed by atoms with Crippen molar-refractivity contribution in [3.8, 4) is 0 Å². The van der Waals surface area contributed by atoms with Crippen LogP contribution in [-0.2, 0) is 19.6 Å². The van der Waals surface area contributed by atoms with E-state index in [2.05, 4.69) is 5.32 Å². The Morgan fingerprint density at radius 2 is 1.95 bits per heavy atom. The van der Waals surface area contributed by atoms with Gasteiger partial charge in [-0.25, -0.2) is 12.8 Å². The Morgan fingerprint density at radius 3 is 2.48 bits per heavy atom. The summed E-state index contributed by atoms with van der Waals surface area (Å²) < 4.78 is 43.0. The highest BCUT2D eigenvalue weighted by Gasteiger charge is 2.23. The van der Waals surface area contributed by atoms with Crippen molar-refractivity contribution in [1.29, 1.82) is 0 Å². The number of ether oxygens (including phenoxy) is 1. The number of rotatable bonds is 7. The molecule has 8 heteroatoms. The number of likely N-dealkylation sites (N-methyl/N-ethyl adjacent to an activating group) is 1. The van der Waals surface area contributed by atoms with E-state index >= 15 is 0 Å². The normalized spacial score (nSPS) is 13.2. The summed E-state index contributed by atoms with van der Waals surface area (Å²) in [5, 5.41) is 2.61. The smallest absolute Gasteiger partial charge is 0.243 e. The number of sulfonamides is 1. The number of nitrogens with zero attached hydrogens (tertiary/aromatic N) is 1. The summed E-state index contributed by atoms with van der Waals surface area (Å²) in [6.07, 6.45) is 0. The molecule has 0 heterocycles. The molecule has 0 aliphatic rings. The fourth-order valence-electron chi connectivity index (χ4n) is 1.69. The summed E-state index contributed by atoms with van der Waals surface area (Å²) in [5.41, 5.74) is 0. The first-order valence-electron chi connectivity index (χ1n) is 6.27. The van der Waals surface area contributed by atoms with Gasteiger partial charge in [-0.3, -0.25) is 4.79 Å². The van der Waals surface area contributed by atoms with Crippen molar-refractivity contribution in [3.63, 3.8) is 0 Å². The second-order valence-corrected chi connectivity index (χ2v) is 6.68. The van der Waals surface area contributed by atoms with Gasteiger partial charge in [-0.1, -0.05) is 0 Å². The molecule has 0 saturated carbocycles. The topological polar surface area (TPSA) is 75.7 Å². The molecule has 0 aromatic heterocycles. The number of hydrogen-bond acceptors (Lipinski definition) is 4. The molecule has 6 nitrogen and oxygen atoms in total. The monoisotopic (exact) mass is 318 g/mol. The number of hydrogen-bond donors (Lipinski definition) is 1. The van der Waals surface area contributed by atoms with Gasteiger partial charge in [-0.05, 0) is 31.2 Å². The van der Waals surface area contributed by atoms with Crippen LogP contribution in [0.15, 0.2) is 29.2 Å². The molecule has 0 aliphatic heterocycles. The quantitative estimate of drug-likeness (QED) is 0.799. The van der Waals surface area contributed by atoms with E-state index in [1.807, 2.05) is 0 Å². The summed E-state index contributed by atoms with van der Waals surface area (Å²) in [5.74, 6) is -0.963. The lowest BCUT2D eigenvalue weighted by Gasteiger charge is -2.18. The average Bonchev–Trinajstić information content (AvgIpc) is 2.39. The third-order valence-electron chi connectivity index (χ3n) is 2.71. The molecule has 21 heavy (non-hydrogen) atoms. The molecule has 1 amide bonds. The number of amides is 1. The third-order valence-corrected chi connectivity index (χ3v) is 4.53. The molecule has 0 bridgehead atoms. The van der Waals surface area contributed by atoms with Gasteiger partial charge in [0, 0.05) is 20.2 Å². The Balaban J connectivity index is 2.71. The average molecular weight is 318 g/mol. The van der Waals surface area contributed by atoms with E-state index in [1.54, 1.807) is 6.92 Å². The first-order chi connectivity index (χ1) is 9.77. The van der Waals surface area contributed by atoms with Crippen molar-refractivity contribution >= 4 is 15.9 Å². The maximum absolute atomic E-state index is 12.8. The number of carbonyl (C=O) groups is 1. The maximum atomic E-state index is 12.8. The van der Waals surface area contributed by atoms with E-state index in [4.69, 9.17) is 4.74 Å². The van der Waals surface area contributed by atoms with Gasteiger partial charge in [0.15, 0.2) is 0 Å². The second kappa shape index (κ2) is 7.48. The van der Waals surface area contributed by atoms with Crippen LogP contribution in [0.4, 0.5) is 4.39 Å². The fourth-order valence-corrected chi connectivity index (χ4v) is 2.81. The van der Waals surface area contributed by atoms with Gasteiger partial charge in [-0.2, -0.15) is 4.31 Å². The second-order valence-electron chi connectivity index (χ2n) is 4.64. The Bertz CT molecular complexity index is 574. The Morgan fingerprint density at radius 1 is 1.38 bits per heavy atom. The SMILES string of the molecule is COCC(C)NC(=O)CN(C)S(=O)(=O)c1ccc(F)cc1. The molecule has 1 atom stereocenters. The lowest BCUT2D eigenvalue weighted by Crippen LogP contribution is -2.43. The van der Waals surface area contributed by atoms with Gasteiger partial charge in [0.05, 0.1) is 18.0 Å². The summed E-state index contributed by atoms with van der Waals surface area (Å²) in [6, 6.07) is 4.21. The number of nitrogens with one attached hydrogen (secondary N) is 1. The first-order valence-corrected chi connectivity index (χ1v) is 7.71. The Hall–Kier alpha value is -1.51. The molecule has 1 N–H and O–H groups in total. The number of halogens is 1. The summed E-state index contributed by atoms with van der Waals surface area (Å²) >= 11 is 0. The summed E-state index contributed by atoms with van der Waals surface area (Å²) in [6.45, 7) is 1.75. The molecule has 0 aliphatic carbocycles. The predicted molar refractivity (Wildman–Crippen MR) is 75.7 cm³/mol. The Kier molecular flexibility index (Phi) is 6.25. The van der Waals surface area contributed by atoms with Gasteiger partial charge in [-0.15, -0.1) is 0 Å². The van der Waals surface area contributed by atoms with Crippen LogP contribution in [0.3, 0.4) is 0 Å². The van der Waals surface area contributed by atoms with Gasteiger partial charge in [0.1, 0.15) is 5.82 Å². The van der Waals surface area contributed by atoms with E-state index in [9.17, 15) is 17.6 Å². The van der Waals surface area contributed by atoms with Crippen LogP contribution >= 0.6 is 0 Å². The van der Waals surface area contributed by atoms with Crippen molar-refractivity contribution in [2.24, 2.45) is 0 Å². The number of methoxy groups -OCH3 is 1. The zero-order chi connectivity index (χ0) is 16.0. The van der Waals surface area contributed by atoms with Crippen LogP contribution in [0.1, 0.15) is 6.92 Å². The van der Waals surface area contributed by atoms with Crippen LogP contribution < -0.4 is 5.32 Å². The van der Waals surface area contributed by atoms with Crippen molar-refractivity contribution in [2.75, 3.05) is 27.3 Å². The minimum Gasteiger partial charge on any atom is -0.383 e. The van der Waals surface area contributed by atoms with Crippen molar-refractivity contribution in [2.45, 2.75) is 17.9 Å². The van der Waals surface area contributed by atoms with E-state index in [0.717, 1.165) is 28.6 Å². The van der Waals surface area contributed by atoms with E-state index in [1.165, 1.54) is 14.2 Å². The molecular formula is C13H19FN2O4S. The van der Waals surface area contributed by atoms with Gasteiger partial charge < -0.3 is 10.1 Å². The highest BCUT2D eigenvalue weighted by Crippen LogP contribution is 2.14. The van der Waals surface area contributed by atoms with Crippen LogP contribution in [0.5, 0.6) is 0 Å². The molecule has 0 radical (unpaired) electrons. The number of benzene rings is 1. The third kappa shape index (κ3) is 5.07. The van der Waals surface area contributed by atoms with Crippen LogP contribution in [0.25, 0.3) is 0 Å². The zero-order valence-electron chi connectivity index (χ0n) is 12.2. The lowest BCUT2D eigenvalue weighted by atomic mass is 10.3. The molecular weight excluding hydrogens is 299 g/mol.